The van der Waals surface area contributed by atoms with Crippen LogP contribution in [0.25, 0.3) is 5.52 Å². The minimum absolute atomic E-state index is 0.133. The van der Waals surface area contributed by atoms with Gasteiger partial charge in [0.05, 0.1) is 29.8 Å². The maximum absolute atomic E-state index is 12.7. The first kappa shape index (κ1) is 19.5. The Morgan fingerprint density at radius 3 is 2.30 bits per heavy atom. The van der Waals surface area contributed by atoms with Crippen molar-refractivity contribution in [1.82, 2.24) is 14.4 Å². The van der Waals surface area contributed by atoms with Gasteiger partial charge in [-0.1, -0.05) is 12.1 Å². The van der Waals surface area contributed by atoms with E-state index < -0.39 is 18.0 Å². The lowest BCUT2D eigenvalue weighted by molar-refractivity contribution is -0.141. The van der Waals surface area contributed by atoms with Crippen LogP contribution in [0.2, 0.25) is 0 Å². The van der Waals surface area contributed by atoms with Gasteiger partial charge in [-0.3, -0.25) is 4.98 Å². The standard InChI is InChI=1S/C23H24F3N3O/c24-23(25,26)20-10-7-17(11-28-20)14-1-5-16(6-2-14)22(30)21-19(15-3-4-15)9-8-18-12-27-13-29(18)21/h7-16,22,30H,1-6H2/t14?,16?,22-/m1/s1. The molecule has 7 heteroatoms. The summed E-state index contributed by atoms with van der Waals surface area (Å²) >= 11 is 0. The summed E-state index contributed by atoms with van der Waals surface area (Å²) in [5, 5.41) is 11.3. The van der Waals surface area contributed by atoms with Gasteiger partial charge in [0, 0.05) is 6.20 Å². The van der Waals surface area contributed by atoms with E-state index >= 15 is 0 Å². The molecular weight excluding hydrogens is 391 g/mol. The van der Waals surface area contributed by atoms with Crippen LogP contribution in [-0.2, 0) is 6.18 Å². The van der Waals surface area contributed by atoms with E-state index in [2.05, 4.69) is 22.1 Å². The van der Waals surface area contributed by atoms with Gasteiger partial charge in [-0.25, -0.2) is 4.98 Å². The summed E-state index contributed by atoms with van der Waals surface area (Å²) in [5.74, 6) is 0.848. The molecule has 0 saturated heterocycles. The summed E-state index contributed by atoms with van der Waals surface area (Å²) in [6.45, 7) is 0. The molecule has 0 radical (unpaired) electrons. The molecule has 0 spiro atoms. The number of aliphatic hydroxyl groups excluding tert-OH is 1. The van der Waals surface area contributed by atoms with Gasteiger partial charge in [0.15, 0.2) is 0 Å². The predicted octanol–water partition coefficient (Wildman–Crippen LogP) is 5.63. The van der Waals surface area contributed by atoms with Crippen LogP contribution in [0.3, 0.4) is 0 Å². The maximum Gasteiger partial charge on any atom is 0.433 e. The van der Waals surface area contributed by atoms with Crippen molar-refractivity contribution in [3.05, 3.63) is 65.5 Å². The Hall–Kier alpha value is -2.41. The van der Waals surface area contributed by atoms with Crippen molar-refractivity contribution < 1.29 is 18.3 Å². The summed E-state index contributed by atoms with van der Waals surface area (Å²) in [4.78, 5) is 7.86. The molecule has 0 aliphatic heterocycles. The highest BCUT2D eigenvalue weighted by atomic mass is 19.4. The lowest BCUT2D eigenvalue weighted by atomic mass is 9.76. The average molecular weight is 415 g/mol. The topological polar surface area (TPSA) is 50.4 Å². The number of hydrogen-bond acceptors (Lipinski definition) is 3. The Morgan fingerprint density at radius 2 is 1.67 bits per heavy atom. The highest BCUT2D eigenvalue weighted by Crippen LogP contribution is 2.47. The fourth-order valence-electron chi connectivity index (χ4n) is 4.89. The number of fused-ring (bicyclic) bond motifs is 1. The van der Waals surface area contributed by atoms with Crippen LogP contribution in [0.4, 0.5) is 13.2 Å². The first-order valence-corrected chi connectivity index (χ1v) is 10.6. The van der Waals surface area contributed by atoms with Gasteiger partial charge >= 0.3 is 6.18 Å². The van der Waals surface area contributed by atoms with E-state index in [9.17, 15) is 18.3 Å². The second kappa shape index (κ2) is 7.38. The molecule has 2 saturated carbocycles. The van der Waals surface area contributed by atoms with Gasteiger partial charge in [0.1, 0.15) is 5.69 Å². The van der Waals surface area contributed by atoms with E-state index in [4.69, 9.17) is 0 Å². The molecule has 0 amide bonds. The zero-order valence-corrected chi connectivity index (χ0v) is 16.5. The van der Waals surface area contributed by atoms with Crippen molar-refractivity contribution in [1.29, 1.82) is 0 Å². The molecule has 5 rings (SSSR count). The van der Waals surface area contributed by atoms with Crippen molar-refractivity contribution in [2.24, 2.45) is 5.92 Å². The molecule has 3 aromatic heterocycles. The number of halogens is 3. The Balaban J connectivity index is 1.32. The average Bonchev–Trinajstić information content (AvgIpc) is 3.48. The van der Waals surface area contributed by atoms with Crippen molar-refractivity contribution >= 4 is 5.52 Å². The predicted molar refractivity (Wildman–Crippen MR) is 106 cm³/mol. The van der Waals surface area contributed by atoms with Gasteiger partial charge < -0.3 is 9.51 Å². The largest absolute Gasteiger partial charge is 0.433 e. The van der Waals surface area contributed by atoms with E-state index in [-0.39, 0.29) is 11.8 Å². The Bertz CT molecular complexity index is 1030. The second-order valence-electron chi connectivity index (χ2n) is 8.67. The molecule has 2 fully saturated rings. The minimum atomic E-state index is -4.41. The number of aromatic nitrogens is 3. The third-order valence-corrected chi connectivity index (χ3v) is 6.72. The molecule has 2 aliphatic rings. The summed E-state index contributed by atoms with van der Waals surface area (Å²) in [6, 6.07) is 6.81. The molecule has 0 aromatic carbocycles. The van der Waals surface area contributed by atoms with E-state index in [0.29, 0.717) is 5.92 Å². The van der Waals surface area contributed by atoms with Gasteiger partial charge in [-0.2, -0.15) is 13.2 Å². The summed E-state index contributed by atoms with van der Waals surface area (Å²) in [6.07, 6.45) is 5.65. The molecule has 1 N–H and O–H groups in total. The van der Waals surface area contributed by atoms with Crippen LogP contribution in [0.1, 0.15) is 79.0 Å². The fourth-order valence-corrected chi connectivity index (χ4v) is 4.89. The summed E-state index contributed by atoms with van der Waals surface area (Å²) < 4.78 is 40.3. The zero-order chi connectivity index (χ0) is 20.9. The number of rotatable bonds is 4. The number of nitrogens with zero attached hydrogens (tertiary/aromatic N) is 3. The lowest BCUT2D eigenvalue weighted by Gasteiger charge is -2.33. The molecule has 2 aliphatic carbocycles. The van der Waals surface area contributed by atoms with Gasteiger partial charge in [0.25, 0.3) is 0 Å². The smallest absolute Gasteiger partial charge is 0.387 e. The van der Waals surface area contributed by atoms with Crippen LogP contribution in [0.15, 0.2) is 43.0 Å². The minimum Gasteiger partial charge on any atom is -0.387 e. The fraction of sp³-hybridized carbons (Fsp3) is 0.478. The van der Waals surface area contributed by atoms with Crippen LogP contribution >= 0.6 is 0 Å². The number of pyridine rings is 2. The van der Waals surface area contributed by atoms with Crippen molar-refractivity contribution in [3.63, 3.8) is 0 Å². The molecule has 1 atom stereocenters. The molecule has 3 aromatic rings. The van der Waals surface area contributed by atoms with E-state index in [1.54, 1.807) is 18.6 Å². The Labute approximate surface area is 172 Å². The SMILES string of the molecule is O[C@@H](c1c(C2CC2)ccc2cncn12)C1CCC(c2ccc(C(F)(F)F)nc2)CC1. The maximum atomic E-state index is 12.7. The van der Waals surface area contributed by atoms with Crippen molar-refractivity contribution in [3.8, 4) is 0 Å². The third kappa shape index (κ3) is 3.60. The molecule has 158 valence electrons. The number of aliphatic hydroxyl groups is 1. The first-order valence-electron chi connectivity index (χ1n) is 10.6. The molecule has 3 heterocycles. The van der Waals surface area contributed by atoms with Gasteiger partial charge in [0.2, 0.25) is 0 Å². The molecular formula is C23H24F3N3O. The van der Waals surface area contributed by atoms with Gasteiger partial charge in [-0.15, -0.1) is 0 Å². The van der Waals surface area contributed by atoms with Crippen molar-refractivity contribution in [2.45, 2.75) is 62.6 Å². The zero-order valence-electron chi connectivity index (χ0n) is 16.5. The summed E-state index contributed by atoms with van der Waals surface area (Å²) in [5.41, 5.74) is 3.18. The molecule has 0 bridgehead atoms. The normalized spacial score (nSPS) is 23.6. The molecule has 0 unspecified atom stereocenters. The monoisotopic (exact) mass is 415 g/mol. The lowest BCUT2D eigenvalue weighted by Crippen LogP contribution is -2.22. The second-order valence-corrected chi connectivity index (χ2v) is 8.67. The highest BCUT2D eigenvalue weighted by Gasteiger charge is 2.35. The molecule has 4 nitrogen and oxygen atoms in total. The number of alkyl halides is 3. The Kier molecular flexibility index (Phi) is 4.81. The van der Waals surface area contributed by atoms with E-state index in [1.807, 2.05) is 4.40 Å². The van der Waals surface area contributed by atoms with E-state index in [0.717, 1.165) is 61.4 Å². The van der Waals surface area contributed by atoms with Gasteiger partial charge in [-0.05, 0) is 79.5 Å². The number of imidazole rings is 1. The van der Waals surface area contributed by atoms with Crippen LogP contribution < -0.4 is 0 Å². The number of hydrogen-bond donors (Lipinski definition) is 1. The van der Waals surface area contributed by atoms with Crippen molar-refractivity contribution in [2.75, 3.05) is 0 Å². The summed E-state index contributed by atoms with van der Waals surface area (Å²) in [7, 11) is 0. The van der Waals surface area contributed by atoms with Crippen LogP contribution in [0.5, 0.6) is 0 Å². The van der Waals surface area contributed by atoms with Crippen LogP contribution in [0, 0.1) is 5.92 Å². The quantitative estimate of drug-likeness (QED) is 0.601. The molecule has 30 heavy (non-hydrogen) atoms. The Morgan fingerprint density at radius 1 is 0.933 bits per heavy atom. The van der Waals surface area contributed by atoms with Crippen LogP contribution in [-0.4, -0.2) is 19.5 Å². The van der Waals surface area contributed by atoms with E-state index in [1.165, 1.54) is 11.8 Å². The highest BCUT2D eigenvalue weighted by molar-refractivity contribution is 5.50. The third-order valence-electron chi connectivity index (χ3n) is 6.72. The first-order chi connectivity index (χ1) is 14.4.